The van der Waals surface area contributed by atoms with Crippen LogP contribution in [0.15, 0.2) is 42.5 Å². The summed E-state index contributed by atoms with van der Waals surface area (Å²) in [6, 6.07) is 12.6. The third-order valence-corrected chi connectivity index (χ3v) is 3.26. The van der Waals surface area contributed by atoms with E-state index in [2.05, 4.69) is 0 Å². The summed E-state index contributed by atoms with van der Waals surface area (Å²) < 4.78 is 5.53. The second kappa shape index (κ2) is 4.35. The summed E-state index contributed by atoms with van der Waals surface area (Å²) in [6.45, 7) is 2.39. The second-order valence-electron chi connectivity index (χ2n) is 4.35. The first-order chi connectivity index (χ1) is 9.24. The molecule has 3 heteroatoms. The van der Waals surface area contributed by atoms with E-state index in [-0.39, 0.29) is 11.5 Å². The molecule has 0 fully saturated rings. The highest BCUT2D eigenvalue weighted by molar-refractivity contribution is 6.12. The van der Waals surface area contributed by atoms with Crippen molar-refractivity contribution in [2.75, 3.05) is 6.61 Å². The number of hydrogen-bond acceptors (Lipinski definition) is 3. The average Bonchev–Trinajstić information content (AvgIpc) is 2.45. The van der Waals surface area contributed by atoms with E-state index in [0.717, 1.165) is 0 Å². The fourth-order valence-electron chi connectivity index (χ4n) is 2.42. The Labute approximate surface area is 110 Å². The van der Waals surface area contributed by atoms with Crippen LogP contribution < -0.4 is 4.74 Å². The highest BCUT2D eigenvalue weighted by Crippen LogP contribution is 2.44. The molecule has 0 atom stereocenters. The van der Waals surface area contributed by atoms with E-state index < -0.39 is 0 Å². The topological polar surface area (TPSA) is 49.7 Å². The molecule has 0 saturated carbocycles. The Morgan fingerprint density at radius 2 is 1.47 bits per heavy atom. The highest BCUT2D eigenvalue weighted by atomic mass is 16.5. The van der Waals surface area contributed by atoms with Crippen LogP contribution in [0.4, 0.5) is 0 Å². The van der Waals surface area contributed by atoms with Crippen LogP contribution in [0.1, 0.15) is 6.92 Å². The van der Waals surface area contributed by atoms with Crippen molar-refractivity contribution in [3.63, 3.8) is 0 Å². The van der Waals surface area contributed by atoms with Gasteiger partial charge in [0.15, 0.2) is 0 Å². The van der Waals surface area contributed by atoms with Gasteiger partial charge in [-0.25, -0.2) is 0 Å². The summed E-state index contributed by atoms with van der Waals surface area (Å²) >= 11 is 0. The monoisotopic (exact) mass is 254 g/mol. The Morgan fingerprint density at radius 3 is 2.16 bits per heavy atom. The number of benzene rings is 3. The van der Waals surface area contributed by atoms with Gasteiger partial charge in [-0.05, 0) is 13.0 Å². The first-order valence-corrected chi connectivity index (χ1v) is 6.22. The lowest BCUT2D eigenvalue weighted by atomic mass is 10.00. The SMILES string of the molecule is CCOc1cccc2c(O)c3ccccc3c(O)c12. The van der Waals surface area contributed by atoms with E-state index in [1.54, 1.807) is 30.3 Å². The maximum atomic E-state index is 10.5. The molecule has 19 heavy (non-hydrogen) atoms. The maximum absolute atomic E-state index is 10.5. The molecule has 0 aliphatic heterocycles. The quantitative estimate of drug-likeness (QED) is 0.540. The van der Waals surface area contributed by atoms with Crippen LogP contribution in [0, 0.1) is 0 Å². The van der Waals surface area contributed by atoms with Gasteiger partial charge in [0.1, 0.15) is 17.2 Å². The zero-order valence-corrected chi connectivity index (χ0v) is 10.6. The van der Waals surface area contributed by atoms with Crippen LogP contribution in [-0.4, -0.2) is 16.8 Å². The van der Waals surface area contributed by atoms with Crippen LogP contribution in [0.2, 0.25) is 0 Å². The molecule has 96 valence electrons. The van der Waals surface area contributed by atoms with Crippen LogP contribution in [0.25, 0.3) is 21.5 Å². The number of phenolic OH excluding ortho intramolecular Hbond substituents is 2. The molecular formula is C16H14O3. The predicted octanol–water partition coefficient (Wildman–Crippen LogP) is 3.80. The molecular weight excluding hydrogens is 240 g/mol. The molecule has 3 aromatic rings. The number of ether oxygens (including phenoxy) is 1. The molecule has 0 aromatic heterocycles. The first-order valence-electron chi connectivity index (χ1n) is 6.22. The number of phenols is 2. The molecule has 0 aliphatic rings. The van der Waals surface area contributed by atoms with Gasteiger partial charge in [0.25, 0.3) is 0 Å². The van der Waals surface area contributed by atoms with Gasteiger partial charge >= 0.3 is 0 Å². The molecule has 2 N–H and O–H groups in total. The summed E-state index contributed by atoms with van der Waals surface area (Å²) in [4.78, 5) is 0. The van der Waals surface area contributed by atoms with E-state index >= 15 is 0 Å². The Kier molecular flexibility index (Phi) is 2.67. The Morgan fingerprint density at radius 1 is 0.842 bits per heavy atom. The highest BCUT2D eigenvalue weighted by Gasteiger charge is 2.15. The van der Waals surface area contributed by atoms with Gasteiger partial charge in [-0.1, -0.05) is 36.4 Å². The van der Waals surface area contributed by atoms with Gasteiger partial charge in [0.05, 0.1) is 12.0 Å². The summed E-state index contributed by atoms with van der Waals surface area (Å²) in [5.41, 5.74) is 0. The number of aromatic hydroxyl groups is 2. The van der Waals surface area contributed by atoms with Crippen molar-refractivity contribution >= 4 is 21.5 Å². The minimum atomic E-state index is 0.146. The Bertz CT molecular complexity index is 763. The minimum absolute atomic E-state index is 0.146. The fourth-order valence-corrected chi connectivity index (χ4v) is 2.42. The molecule has 3 nitrogen and oxygen atoms in total. The van der Waals surface area contributed by atoms with E-state index in [1.165, 1.54) is 0 Å². The van der Waals surface area contributed by atoms with Crippen LogP contribution in [-0.2, 0) is 0 Å². The van der Waals surface area contributed by atoms with Gasteiger partial charge in [0, 0.05) is 16.2 Å². The standard InChI is InChI=1S/C16H14O3/c1-2-19-13-9-5-8-12-14(13)16(18)11-7-4-3-6-10(11)15(12)17/h3-9,17-18H,2H2,1H3. The molecule has 0 unspecified atom stereocenters. The van der Waals surface area contributed by atoms with Gasteiger partial charge < -0.3 is 14.9 Å². The minimum Gasteiger partial charge on any atom is -0.507 e. The van der Waals surface area contributed by atoms with Gasteiger partial charge in [-0.3, -0.25) is 0 Å². The van der Waals surface area contributed by atoms with Crippen molar-refractivity contribution in [1.29, 1.82) is 0 Å². The normalized spacial score (nSPS) is 11.0. The Hall–Kier alpha value is -2.42. The first kappa shape index (κ1) is 11.7. The van der Waals surface area contributed by atoms with Crippen molar-refractivity contribution in [2.45, 2.75) is 6.92 Å². The van der Waals surface area contributed by atoms with E-state index in [9.17, 15) is 10.2 Å². The van der Waals surface area contributed by atoms with Crippen molar-refractivity contribution in [1.82, 2.24) is 0 Å². The third-order valence-electron chi connectivity index (χ3n) is 3.26. The third kappa shape index (κ3) is 1.66. The zero-order valence-electron chi connectivity index (χ0n) is 10.6. The van der Waals surface area contributed by atoms with Gasteiger partial charge in [-0.2, -0.15) is 0 Å². The molecule has 0 bridgehead atoms. The number of hydrogen-bond donors (Lipinski definition) is 2. The van der Waals surface area contributed by atoms with E-state index in [4.69, 9.17) is 4.74 Å². The lowest BCUT2D eigenvalue weighted by Gasteiger charge is -2.13. The molecule has 0 aliphatic carbocycles. The smallest absolute Gasteiger partial charge is 0.135 e. The summed E-state index contributed by atoms with van der Waals surface area (Å²) in [5, 5.41) is 23.2. The van der Waals surface area contributed by atoms with E-state index in [0.29, 0.717) is 33.9 Å². The second-order valence-corrected chi connectivity index (χ2v) is 4.35. The lowest BCUT2D eigenvalue weighted by Crippen LogP contribution is -1.93. The predicted molar refractivity (Wildman–Crippen MR) is 76.0 cm³/mol. The van der Waals surface area contributed by atoms with Crippen molar-refractivity contribution in [3.05, 3.63) is 42.5 Å². The molecule has 0 radical (unpaired) electrons. The summed E-state index contributed by atoms with van der Waals surface area (Å²) in [6.07, 6.45) is 0. The largest absolute Gasteiger partial charge is 0.507 e. The molecule has 3 rings (SSSR count). The van der Waals surface area contributed by atoms with E-state index in [1.807, 2.05) is 19.1 Å². The summed E-state index contributed by atoms with van der Waals surface area (Å²) in [5.74, 6) is 0.899. The van der Waals surface area contributed by atoms with Crippen molar-refractivity contribution in [3.8, 4) is 17.2 Å². The number of rotatable bonds is 2. The lowest BCUT2D eigenvalue weighted by molar-refractivity contribution is 0.343. The molecule has 3 aromatic carbocycles. The molecule has 0 spiro atoms. The van der Waals surface area contributed by atoms with Crippen LogP contribution in [0.3, 0.4) is 0 Å². The van der Waals surface area contributed by atoms with Crippen molar-refractivity contribution < 1.29 is 14.9 Å². The van der Waals surface area contributed by atoms with Gasteiger partial charge in [-0.15, -0.1) is 0 Å². The number of fused-ring (bicyclic) bond motifs is 2. The molecule has 0 saturated heterocycles. The summed E-state index contributed by atoms with van der Waals surface area (Å²) in [7, 11) is 0. The Balaban J connectivity index is 2.52. The van der Waals surface area contributed by atoms with Crippen LogP contribution in [0.5, 0.6) is 17.2 Å². The fraction of sp³-hybridized carbons (Fsp3) is 0.125. The molecule has 0 heterocycles. The van der Waals surface area contributed by atoms with Gasteiger partial charge in [0.2, 0.25) is 0 Å². The average molecular weight is 254 g/mol. The van der Waals surface area contributed by atoms with Crippen molar-refractivity contribution in [2.24, 2.45) is 0 Å². The zero-order chi connectivity index (χ0) is 13.4. The molecule has 0 amide bonds. The maximum Gasteiger partial charge on any atom is 0.135 e. The van der Waals surface area contributed by atoms with Crippen LogP contribution >= 0.6 is 0 Å².